The maximum atomic E-state index is 14.0. The minimum atomic E-state index is -1.15. The highest BCUT2D eigenvalue weighted by atomic mass is 16.5. The summed E-state index contributed by atoms with van der Waals surface area (Å²) < 4.78 is 17.5. The number of rotatable bonds is 7. The third kappa shape index (κ3) is 4.22. The fourth-order valence-electron chi connectivity index (χ4n) is 6.90. The highest BCUT2D eigenvalue weighted by Gasteiger charge is 2.73. The predicted octanol–water partition coefficient (Wildman–Crippen LogP) is 2.41. The number of carbonyl (C=O) groups is 3. The van der Waals surface area contributed by atoms with Crippen LogP contribution in [-0.4, -0.2) is 72.8 Å². The van der Waals surface area contributed by atoms with Crippen molar-refractivity contribution >= 4 is 23.4 Å². The van der Waals surface area contributed by atoms with E-state index in [1.54, 1.807) is 36.3 Å². The Labute approximate surface area is 216 Å². The van der Waals surface area contributed by atoms with Gasteiger partial charge in [0.15, 0.2) is 0 Å². The van der Waals surface area contributed by atoms with E-state index in [9.17, 15) is 14.4 Å². The number of nitrogens with zero attached hydrogens (tertiary/aromatic N) is 1. The van der Waals surface area contributed by atoms with E-state index < -0.39 is 29.6 Å². The lowest BCUT2D eigenvalue weighted by molar-refractivity contribution is -0.143. The average Bonchev–Trinajstić information content (AvgIpc) is 3.68. The van der Waals surface area contributed by atoms with E-state index in [0.29, 0.717) is 24.6 Å². The number of fused-ring (bicyclic) bond motifs is 1. The monoisotopic (exact) mass is 509 g/mol. The Morgan fingerprint density at radius 2 is 1.86 bits per heavy atom. The van der Waals surface area contributed by atoms with E-state index in [2.05, 4.69) is 10.6 Å². The molecule has 1 spiro atoms. The highest BCUT2D eigenvalue weighted by Crippen LogP contribution is 2.55. The Balaban J connectivity index is 1.28. The number of carbonyl (C=O) groups excluding carboxylic acids is 3. The maximum Gasteiger partial charge on any atom is 0.246 e. The number of ether oxygens (including phenoxy) is 3. The van der Waals surface area contributed by atoms with Crippen LogP contribution in [0.15, 0.2) is 36.4 Å². The van der Waals surface area contributed by atoms with Crippen molar-refractivity contribution in [2.75, 3.05) is 25.6 Å². The number of nitrogens with one attached hydrogen (secondary N) is 2. The maximum absolute atomic E-state index is 14.0. The lowest BCUT2D eigenvalue weighted by Gasteiger charge is -2.34. The molecule has 3 saturated heterocycles. The fourth-order valence-corrected chi connectivity index (χ4v) is 6.90. The van der Waals surface area contributed by atoms with Crippen LogP contribution < -0.4 is 15.4 Å². The smallest absolute Gasteiger partial charge is 0.246 e. The van der Waals surface area contributed by atoms with Crippen LogP contribution in [0, 0.1) is 11.8 Å². The van der Waals surface area contributed by atoms with Crippen molar-refractivity contribution in [3.8, 4) is 5.75 Å². The second kappa shape index (κ2) is 9.76. The van der Waals surface area contributed by atoms with Crippen molar-refractivity contribution in [3.63, 3.8) is 0 Å². The zero-order valence-electron chi connectivity index (χ0n) is 21.2. The number of methoxy groups -OCH3 is 1. The van der Waals surface area contributed by atoms with E-state index in [-0.39, 0.29) is 29.9 Å². The summed E-state index contributed by atoms with van der Waals surface area (Å²) >= 11 is 0. The summed E-state index contributed by atoms with van der Waals surface area (Å²) in [5.74, 6) is -1.48. The van der Waals surface area contributed by atoms with Gasteiger partial charge in [0.05, 0.1) is 31.2 Å². The first kappa shape index (κ1) is 24.4. The molecule has 9 nitrogen and oxygen atoms in total. The van der Waals surface area contributed by atoms with Gasteiger partial charge in [-0.05, 0) is 49.9 Å². The molecular weight excluding hydrogens is 474 g/mol. The average molecular weight is 510 g/mol. The Hall–Kier alpha value is -2.91. The Bertz CT molecular complexity index is 1080. The number of hydrogen-bond donors (Lipinski definition) is 2. The summed E-state index contributed by atoms with van der Waals surface area (Å²) in [4.78, 5) is 43.0. The number of hydrogen-bond acceptors (Lipinski definition) is 6. The minimum Gasteiger partial charge on any atom is -0.497 e. The van der Waals surface area contributed by atoms with Gasteiger partial charge in [0.1, 0.15) is 17.4 Å². The van der Waals surface area contributed by atoms with E-state index in [4.69, 9.17) is 14.2 Å². The molecule has 37 heavy (non-hydrogen) atoms. The third-order valence-corrected chi connectivity index (χ3v) is 8.66. The second-order valence-electron chi connectivity index (χ2n) is 10.9. The Morgan fingerprint density at radius 3 is 2.57 bits per heavy atom. The molecule has 4 aliphatic heterocycles. The van der Waals surface area contributed by atoms with Crippen molar-refractivity contribution in [1.29, 1.82) is 0 Å². The topological polar surface area (TPSA) is 106 Å². The molecule has 9 heteroatoms. The van der Waals surface area contributed by atoms with Gasteiger partial charge in [-0.15, -0.1) is 0 Å². The van der Waals surface area contributed by atoms with E-state index >= 15 is 0 Å². The largest absolute Gasteiger partial charge is 0.497 e. The molecule has 0 radical (unpaired) electrons. The van der Waals surface area contributed by atoms with Gasteiger partial charge in [0.25, 0.3) is 0 Å². The van der Waals surface area contributed by atoms with Gasteiger partial charge >= 0.3 is 0 Å². The number of likely N-dealkylation sites (tertiary alicyclic amines) is 1. The van der Waals surface area contributed by atoms with Gasteiger partial charge in [-0.2, -0.15) is 0 Å². The SMILES string of the molecule is COc1ccc(NC(=O)[C@H]2[C@H]3C=C[C@]4(O3)[C@H](C(=O)NC3CCCCC3)N(C[C@@H]3CCCO3)C(=O)[C@@H]24)cc1. The summed E-state index contributed by atoms with van der Waals surface area (Å²) in [6.07, 6.45) is 10.1. The van der Waals surface area contributed by atoms with Crippen LogP contribution in [0.2, 0.25) is 0 Å². The molecule has 1 aromatic carbocycles. The molecule has 2 bridgehead atoms. The molecule has 4 heterocycles. The second-order valence-corrected chi connectivity index (χ2v) is 10.9. The molecule has 2 N–H and O–H groups in total. The molecule has 1 aromatic rings. The van der Waals surface area contributed by atoms with Gasteiger partial charge in [0, 0.05) is 24.9 Å². The Morgan fingerprint density at radius 1 is 1.08 bits per heavy atom. The van der Waals surface area contributed by atoms with Crippen LogP contribution in [0.5, 0.6) is 5.75 Å². The number of benzene rings is 1. The number of anilines is 1. The van der Waals surface area contributed by atoms with Crippen LogP contribution in [0.3, 0.4) is 0 Å². The molecule has 5 aliphatic rings. The summed E-state index contributed by atoms with van der Waals surface area (Å²) in [7, 11) is 1.58. The van der Waals surface area contributed by atoms with Crippen LogP contribution in [0.1, 0.15) is 44.9 Å². The van der Waals surface area contributed by atoms with E-state index in [0.717, 1.165) is 38.5 Å². The highest BCUT2D eigenvalue weighted by molar-refractivity contribution is 6.02. The molecule has 4 fully saturated rings. The quantitative estimate of drug-likeness (QED) is 0.547. The number of amides is 3. The van der Waals surface area contributed by atoms with Gasteiger partial charge in [-0.3, -0.25) is 14.4 Å². The normalized spacial score (nSPS) is 34.6. The third-order valence-electron chi connectivity index (χ3n) is 8.66. The lowest BCUT2D eigenvalue weighted by Crippen LogP contribution is -2.57. The zero-order valence-corrected chi connectivity index (χ0v) is 21.2. The van der Waals surface area contributed by atoms with Gasteiger partial charge in [-0.1, -0.05) is 31.4 Å². The van der Waals surface area contributed by atoms with E-state index in [1.165, 1.54) is 6.42 Å². The van der Waals surface area contributed by atoms with Crippen molar-refractivity contribution in [1.82, 2.24) is 10.2 Å². The molecular formula is C28H35N3O6. The first-order chi connectivity index (χ1) is 18.0. The predicted molar refractivity (Wildman–Crippen MR) is 135 cm³/mol. The molecule has 1 saturated carbocycles. The summed E-state index contributed by atoms with van der Waals surface area (Å²) in [6, 6.07) is 6.34. The van der Waals surface area contributed by atoms with Crippen molar-refractivity contribution in [2.45, 2.75) is 74.8 Å². The molecule has 1 aliphatic carbocycles. The van der Waals surface area contributed by atoms with E-state index in [1.807, 2.05) is 12.2 Å². The summed E-state index contributed by atoms with van der Waals surface area (Å²) in [5, 5.41) is 6.16. The van der Waals surface area contributed by atoms with Crippen molar-refractivity contribution in [3.05, 3.63) is 36.4 Å². The molecule has 0 aromatic heterocycles. The summed E-state index contributed by atoms with van der Waals surface area (Å²) in [5.41, 5.74) is -0.541. The van der Waals surface area contributed by atoms with Gasteiger partial charge < -0.3 is 29.7 Å². The Kier molecular flexibility index (Phi) is 6.44. The van der Waals surface area contributed by atoms with Gasteiger partial charge in [-0.25, -0.2) is 0 Å². The van der Waals surface area contributed by atoms with Crippen LogP contribution >= 0.6 is 0 Å². The van der Waals surface area contributed by atoms with Gasteiger partial charge in [0.2, 0.25) is 17.7 Å². The first-order valence-electron chi connectivity index (χ1n) is 13.5. The minimum absolute atomic E-state index is 0.105. The van der Waals surface area contributed by atoms with Crippen molar-refractivity contribution < 1.29 is 28.6 Å². The first-order valence-corrected chi connectivity index (χ1v) is 13.5. The summed E-state index contributed by atoms with van der Waals surface area (Å²) in [6.45, 7) is 0.986. The van der Waals surface area contributed by atoms with Crippen LogP contribution in [-0.2, 0) is 23.9 Å². The van der Waals surface area contributed by atoms with Crippen LogP contribution in [0.25, 0.3) is 0 Å². The zero-order chi connectivity index (χ0) is 25.6. The molecule has 198 valence electrons. The molecule has 3 amide bonds. The standard InChI is InChI=1S/C28H35N3O6/c1-35-19-11-9-18(10-12-19)29-25(32)22-21-13-14-28(37-21)23(22)27(34)31(16-20-8-5-15-36-20)24(28)26(33)30-17-6-3-2-4-7-17/h9-14,17,20-24H,2-8,15-16H2,1H3,(H,29,32)(H,30,33)/t20-,21+,22-,23+,24-,28+/m0/s1. The fraction of sp³-hybridized carbons (Fsp3) is 0.607. The lowest BCUT2D eigenvalue weighted by atomic mass is 9.74. The molecule has 6 rings (SSSR count). The molecule has 6 atom stereocenters. The molecule has 0 unspecified atom stereocenters. The van der Waals surface area contributed by atoms with Crippen LogP contribution in [0.4, 0.5) is 5.69 Å². The van der Waals surface area contributed by atoms with Crippen molar-refractivity contribution in [2.24, 2.45) is 11.8 Å².